The first-order valence-electron chi connectivity index (χ1n) is 6.95. The normalized spacial score (nSPS) is 26.4. The van der Waals surface area contributed by atoms with E-state index < -0.39 is 6.10 Å². The molecule has 1 aromatic heterocycles. The molecule has 3 N–H and O–H groups in total. The summed E-state index contributed by atoms with van der Waals surface area (Å²) in [6.45, 7) is 8.39. The molecule has 2 atom stereocenters. The van der Waals surface area contributed by atoms with Gasteiger partial charge in [-0.3, -0.25) is 0 Å². The van der Waals surface area contributed by atoms with Crippen LogP contribution in [0.5, 0.6) is 0 Å². The van der Waals surface area contributed by atoms with E-state index in [1.165, 1.54) is 4.88 Å². The van der Waals surface area contributed by atoms with E-state index in [0.29, 0.717) is 13.2 Å². The Morgan fingerprint density at radius 3 is 2.68 bits per heavy atom. The molecule has 0 spiro atoms. The molecule has 1 aliphatic heterocycles. The maximum atomic E-state index is 10.7. The number of aliphatic hydroxyl groups is 1. The smallest absolute Gasteiger partial charge is 0.0972 e. The van der Waals surface area contributed by atoms with E-state index in [0.717, 1.165) is 24.3 Å². The topological polar surface area (TPSA) is 55.5 Å². The average Bonchev–Trinajstić information content (AvgIpc) is 2.88. The van der Waals surface area contributed by atoms with Crippen LogP contribution in [0.1, 0.15) is 49.5 Å². The number of hydrogen-bond donors (Lipinski definition) is 2. The predicted octanol–water partition coefficient (Wildman–Crippen LogP) is 2.83. The van der Waals surface area contributed by atoms with Gasteiger partial charge in [-0.1, -0.05) is 20.8 Å². The van der Waals surface area contributed by atoms with Gasteiger partial charge in [0, 0.05) is 28.3 Å². The number of nitrogens with two attached hydrogens (primary N) is 1. The first-order chi connectivity index (χ1) is 8.89. The largest absolute Gasteiger partial charge is 0.387 e. The molecule has 2 rings (SSSR count). The summed E-state index contributed by atoms with van der Waals surface area (Å²) in [5.41, 5.74) is 5.75. The summed E-state index contributed by atoms with van der Waals surface area (Å²) < 4.78 is 5.56. The highest BCUT2D eigenvalue weighted by molar-refractivity contribution is 7.12. The molecule has 19 heavy (non-hydrogen) atoms. The molecule has 1 aromatic rings. The van der Waals surface area contributed by atoms with Crippen LogP contribution in [0.4, 0.5) is 0 Å². The van der Waals surface area contributed by atoms with Gasteiger partial charge in [-0.15, -0.1) is 11.3 Å². The molecule has 0 bridgehead atoms. The third-order valence-electron chi connectivity index (χ3n) is 3.97. The fourth-order valence-corrected chi connectivity index (χ4v) is 3.76. The van der Waals surface area contributed by atoms with Gasteiger partial charge in [-0.2, -0.15) is 0 Å². The zero-order valence-corrected chi connectivity index (χ0v) is 12.9. The molecule has 3 nitrogen and oxygen atoms in total. The lowest BCUT2D eigenvalue weighted by molar-refractivity contribution is -0.0768. The SMILES string of the molecule is CC(C)(C)c1ccc(C(O)C2(CN)CCCOC2)s1. The number of aliphatic hydroxyl groups excluding tert-OH is 1. The van der Waals surface area contributed by atoms with E-state index in [1.54, 1.807) is 11.3 Å². The Hall–Kier alpha value is -0.420. The van der Waals surface area contributed by atoms with Crippen molar-refractivity contribution >= 4 is 11.3 Å². The minimum Gasteiger partial charge on any atom is -0.387 e. The van der Waals surface area contributed by atoms with Crippen LogP contribution in [-0.4, -0.2) is 24.9 Å². The monoisotopic (exact) mass is 283 g/mol. The highest BCUT2D eigenvalue weighted by Crippen LogP contribution is 2.43. The quantitative estimate of drug-likeness (QED) is 0.897. The Labute approximate surface area is 119 Å². The summed E-state index contributed by atoms with van der Waals surface area (Å²) in [6, 6.07) is 4.17. The first-order valence-corrected chi connectivity index (χ1v) is 7.77. The average molecular weight is 283 g/mol. The van der Waals surface area contributed by atoms with Gasteiger partial charge < -0.3 is 15.6 Å². The summed E-state index contributed by atoms with van der Waals surface area (Å²) in [6.07, 6.45) is 1.40. The molecule has 4 heteroatoms. The molecule has 2 unspecified atom stereocenters. The maximum absolute atomic E-state index is 10.7. The number of ether oxygens (including phenoxy) is 1. The Balaban J connectivity index is 2.22. The van der Waals surface area contributed by atoms with Crippen LogP contribution in [0.15, 0.2) is 12.1 Å². The predicted molar refractivity (Wildman–Crippen MR) is 79.5 cm³/mol. The molecule has 0 aromatic carbocycles. The van der Waals surface area contributed by atoms with Crippen molar-refractivity contribution in [3.63, 3.8) is 0 Å². The van der Waals surface area contributed by atoms with Crippen molar-refractivity contribution < 1.29 is 9.84 Å². The third kappa shape index (κ3) is 3.02. The molecule has 0 saturated carbocycles. The lowest BCUT2D eigenvalue weighted by Crippen LogP contribution is -2.43. The lowest BCUT2D eigenvalue weighted by Gasteiger charge is -2.39. The molecule has 2 heterocycles. The highest BCUT2D eigenvalue weighted by Gasteiger charge is 2.40. The van der Waals surface area contributed by atoms with E-state index in [4.69, 9.17) is 10.5 Å². The summed E-state index contributed by atoms with van der Waals surface area (Å²) in [4.78, 5) is 2.31. The molecule has 0 radical (unpaired) electrons. The highest BCUT2D eigenvalue weighted by atomic mass is 32.1. The van der Waals surface area contributed by atoms with Gasteiger partial charge in [0.1, 0.15) is 0 Å². The van der Waals surface area contributed by atoms with Crippen LogP contribution in [0, 0.1) is 5.41 Å². The van der Waals surface area contributed by atoms with Gasteiger partial charge in [0.2, 0.25) is 0 Å². The van der Waals surface area contributed by atoms with Gasteiger partial charge in [0.05, 0.1) is 12.7 Å². The number of thiophene rings is 1. The van der Waals surface area contributed by atoms with Gasteiger partial charge in [-0.25, -0.2) is 0 Å². The van der Waals surface area contributed by atoms with Crippen LogP contribution >= 0.6 is 11.3 Å². The molecular formula is C15H25NO2S. The van der Waals surface area contributed by atoms with E-state index in [-0.39, 0.29) is 10.8 Å². The Morgan fingerprint density at radius 2 is 2.21 bits per heavy atom. The number of rotatable bonds is 3. The summed E-state index contributed by atoms with van der Waals surface area (Å²) in [7, 11) is 0. The standard InChI is InChI=1S/C15H25NO2S/c1-14(2,3)12-6-5-11(19-12)13(17)15(9-16)7-4-8-18-10-15/h5-6,13,17H,4,7-10,16H2,1-3H3. The van der Waals surface area contributed by atoms with Crippen molar-refractivity contribution in [1.82, 2.24) is 0 Å². The van der Waals surface area contributed by atoms with Crippen molar-refractivity contribution in [2.24, 2.45) is 11.1 Å². The fourth-order valence-electron chi connectivity index (χ4n) is 2.57. The molecule has 1 fully saturated rings. The second kappa shape index (κ2) is 5.52. The lowest BCUT2D eigenvalue weighted by atomic mass is 9.77. The van der Waals surface area contributed by atoms with Crippen LogP contribution in [-0.2, 0) is 10.2 Å². The van der Waals surface area contributed by atoms with E-state index in [1.807, 2.05) is 6.07 Å². The summed E-state index contributed by atoms with van der Waals surface area (Å²) in [5.74, 6) is 0. The summed E-state index contributed by atoms with van der Waals surface area (Å²) in [5, 5.41) is 10.7. The van der Waals surface area contributed by atoms with E-state index >= 15 is 0 Å². The Bertz CT molecular complexity index is 416. The first kappa shape index (κ1) is 15.0. The van der Waals surface area contributed by atoms with Crippen molar-refractivity contribution in [2.45, 2.75) is 45.1 Å². The maximum Gasteiger partial charge on any atom is 0.0972 e. The van der Waals surface area contributed by atoms with Crippen LogP contribution in [0.25, 0.3) is 0 Å². The molecule has 0 aliphatic carbocycles. The van der Waals surface area contributed by atoms with Gasteiger partial charge >= 0.3 is 0 Å². The minimum absolute atomic E-state index is 0.127. The minimum atomic E-state index is -0.515. The molecular weight excluding hydrogens is 258 g/mol. The Kier molecular flexibility index (Phi) is 4.35. The van der Waals surface area contributed by atoms with Crippen LogP contribution in [0.3, 0.4) is 0 Å². The van der Waals surface area contributed by atoms with Crippen molar-refractivity contribution in [3.8, 4) is 0 Å². The van der Waals surface area contributed by atoms with Crippen molar-refractivity contribution in [2.75, 3.05) is 19.8 Å². The summed E-state index contributed by atoms with van der Waals surface area (Å²) >= 11 is 1.69. The van der Waals surface area contributed by atoms with Crippen LogP contribution in [0.2, 0.25) is 0 Å². The zero-order valence-electron chi connectivity index (χ0n) is 12.1. The molecule has 1 aliphatic rings. The number of hydrogen-bond acceptors (Lipinski definition) is 4. The molecule has 108 valence electrons. The van der Waals surface area contributed by atoms with E-state index in [9.17, 15) is 5.11 Å². The van der Waals surface area contributed by atoms with Gasteiger partial charge in [0.15, 0.2) is 0 Å². The zero-order chi connectivity index (χ0) is 14.1. The van der Waals surface area contributed by atoms with Crippen molar-refractivity contribution in [3.05, 3.63) is 21.9 Å². The van der Waals surface area contributed by atoms with E-state index in [2.05, 4.69) is 26.8 Å². The molecule has 1 saturated heterocycles. The van der Waals surface area contributed by atoms with Gasteiger partial charge in [0.25, 0.3) is 0 Å². The Morgan fingerprint density at radius 1 is 1.47 bits per heavy atom. The van der Waals surface area contributed by atoms with Crippen molar-refractivity contribution in [1.29, 1.82) is 0 Å². The third-order valence-corrected chi connectivity index (χ3v) is 5.54. The van der Waals surface area contributed by atoms with Crippen LogP contribution < -0.4 is 5.73 Å². The molecule has 0 amide bonds. The fraction of sp³-hybridized carbons (Fsp3) is 0.733. The van der Waals surface area contributed by atoms with Gasteiger partial charge in [-0.05, 0) is 30.4 Å². The second-order valence-corrected chi connectivity index (χ2v) is 7.69. The second-order valence-electron chi connectivity index (χ2n) is 6.58.